The van der Waals surface area contributed by atoms with Crippen LogP contribution < -0.4 is 19.5 Å². The lowest BCUT2D eigenvalue weighted by Gasteiger charge is -2.31. The van der Waals surface area contributed by atoms with Gasteiger partial charge in [0.1, 0.15) is 6.54 Å². The molecule has 0 radical (unpaired) electrons. The lowest BCUT2D eigenvalue weighted by atomic mass is 9.95. The number of carbonyl (C=O) groups excluding carboxylic acids is 2. The van der Waals surface area contributed by atoms with Gasteiger partial charge >= 0.3 is 0 Å². The highest BCUT2D eigenvalue weighted by Crippen LogP contribution is 2.41. The van der Waals surface area contributed by atoms with Crippen molar-refractivity contribution in [1.82, 2.24) is 4.90 Å². The zero-order valence-electron chi connectivity index (χ0n) is 18.4. The lowest BCUT2D eigenvalue weighted by molar-refractivity contribution is -0.117. The summed E-state index contributed by atoms with van der Waals surface area (Å²) in [4.78, 5) is 28.3. The molecular formula is C25H23BrN2O5. The first-order valence-electron chi connectivity index (χ1n) is 10.2. The number of hydrogen-bond donors (Lipinski definition) is 1. The van der Waals surface area contributed by atoms with Gasteiger partial charge in [-0.2, -0.15) is 0 Å². The molecule has 0 bridgehead atoms. The number of carbonyl (C=O) groups is 2. The van der Waals surface area contributed by atoms with Crippen molar-refractivity contribution in [3.63, 3.8) is 0 Å². The van der Waals surface area contributed by atoms with E-state index in [-0.39, 0.29) is 18.4 Å². The average Bonchev–Trinajstić information content (AvgIpc) is 2.98. The van der Waals surface area contributed by atoms with E-state index in [0.717, 1.165) is 15.6 Å². The fourth-order valence-corrected chi connectivity index (χ4v) is 4.41. The smallest absolute Gasteiger partial charge is 0.255 e. The van der Waals surface area contributed by atoms with Gasteiger partial charge in [-0.1, -0.05) is 46.3 Å². The topological polar surface area (TPSA) is 77.1 Å². The molecule has 8 heteroatoms. The van der Waals surface area contributed by atoms with Crippen LogP contribution in [-0.4, -0.2) is 44.6 Å². The van der Waals surface area contributed by atoms with Gasteiger partial charge in [0.05, 0.1) is 27.4 Å². The average molecular weight is 511 g/mol. The van der Waals surface area contributed by atoms with Crippen LogP contribution in [0.4, 0.5) is 5.69 Å². The van der Waals surface area contributed by atoms with Crippen molar-refractivity contribution in [3.8, 4) is 17.2 Å². The van der Waals surface area contributed by atoms with Crippen molar-refractivity contribution in [1.29, 1.82) is 0 Å². The van der Waals surface area contributed by atoms with Crippen molar-refractivity contribution in [3.05, 3.63) is 81.8 Å². The first kappa shape index (κ1) is 22.7. The lowest BCUT2D eigenvalue weighted by Crippen LogP contribution is -2.39. The van der Waals surface area contributed by atoms with E-state index in [9.17, 15) is 9.59 Å². The van der Waals surface area contributed by atoms with Crippen LogP contribution in [0.1, 0.15) is 27.5 Å². The summed E-state index contributed by atoms with van der Waals surface area (Å²) in [6.45, 7) is -0.124. The minimum atomic E-state index is -0.496. The quantitative estimate of drug-likeness (QED) is 0.540. The summed E-state index contributed by atoms with van der Waals surface area (Å²) in [5.41, 5.74) is 2.67. The van der Waals surface area contributed by atoms with Crippen LogP contribution in [0.2, 0.25) is 0 Å². The third-order valence-electron chi connectivity index (χ3n) is 5.50. The molecule has 33 heavy (non-hydrogen) atoms. The Balaban J connectivity index is 1.89. The molecule has 170 valence electrons. The Labute approximate surface area is 200 Å². The fraction of sp³-hybridized carbons (Fsp3) is 0.200. The Hall–Kier alpha value is -3.52. The van der Waals surface area contributed by atoms with E-state index in [1.807, 2.05) is 48.5 Å². The number of benzene rings is 3. The largest absolute Gasteiger partial charge is 0.493 e. The molecule has 1 aliphatic rings. The number of rotatable bonds is 5. The van der Waals surface area contributed by atoms with Crippen LogP contribution >= 0.6 is 15.9 Å². The second-order valence-electron chi connectivity index (χ2n) is 7.44. The Morgan fingerprint density at radius 3 is 2.24 bits per heavy atom. The fourth-order valence-electron chi connectivity index (χ4n) is 4.03. The Morgan fingerprint density at radius 1 is 0.970 bits per heavy atom. The minimum absolute atomic E-state index is 0.124. The van der Waals surface area contributed by atoms with Gasteiger partial charge in [0.15, 0.2) is 11.5 Å². The highest BCUT2D eigenvalue weighted by molar-refractivity contribution is 9.10. The Kier molecular flexibility index (Phi) is 6.55. The number of hydrogen-bond acceptors (Lipinski definition) is 5. The van der Waals surface area contributed by atoms with Crippen molar-refractivity contribution in [2.75, 3.05) is 33.2 Å². The Bertz CT molecular complexity index is 1170. The van der Waals surface area contributed by atoms with Crippen LogP contribution in [0, 0.1) is 0 Å². The molecule has 3 aromatic carbocycles. The number of nitrogens with zero attached hydrogens (tertiary/aromatic N) is 1. The molecule has 1 heterocycles. The molecule has 4 rings (SSSR count). The summed E-state index contributed by atoms with van der Waals surface area (Å²) in [7, 11) is 4.48. The number of ether oxygens (including phenoxy) is 3. The predicted octanol–water partition coefficient (Wildman–Crippen LogP) is 4.66. The third kappa shape index (κ3) is 4.39. The normalized spacial score (nSPS) is 15.2. The Morgan fingerprint density at radius 2 is 1.64 bits per heavy atom. The molecule has 0 aromatic heterocycles. The summed E-state index contributed by atoms with van der Waals surface area (Å²) < 4.78 is 17.1. The molecule has 0 fully saturated rings. The van der Waals surface area contributed by atoms with Gasteiger partial charge in [-0.15, -0.1) is 0 Å². The number of amides is 2. The van der Waals surface area contributed by atoms with Gasteiger partial charge in [-0.05, 0) is 35.9 Å². The van der Waals surface area contributed by atoms with Gasteiger partial charge in [0.2, 0.25) is 11.7 Å². The number of nitrogens with one attached hydrogen (secondary N) is 1. The standard InChI is InChI=1S/C25H23BrN2O5/c1-31-20-11-16(12-21(32-2)24(20)33-3)25(30)28-14-22(29)27-19-10-9-17(26)13-18(19)23(28)15-7-5-4-6-8-15/h4-13,23H,14H2,1-3H3,(H,27,29)/t23-/m0/s1. The zero-order chi connectivity index (χ0) is 23.5. The summed E-state index contributed by atoms with van der Waals surface area (Å²) in [6.07, 6.45) is 0. The molecule has 7 nitrogen and oxygen atoms in total. The van der Waals surface area contributed by atoms with Crippen LogP contribution in [-0.2, 0) is 4.79 Å². The molecule has 1 aliphatic heterocycles. The SMILES string of the molecule is COc1cc(C(=O)N2CC(=O)Nc3ccc(Br)cc3[C@@H]2c2ccccc2)cc(OC)c1OC. The van der Waals surface area contributed by atoms with Gasteiger partial charge in [-0.25, -0.2) is 0 Å². The summed E-state index contributed by atoms with van der Waals surface area (Å²) in [6, 6.07) is 17.9. The highest BCUT2D eigenvalue weighted by atomic mass is 79.9. The van der Waals surface area contributed by atoms with Gasteiger partial charge in [0.25, 0.3) is 5.91 Å². The van der Waals surface area contributed by atoms with Crippen LogP contribution in [0.25, 0.3) is 0 Å². The van der Waals surface area contributed by atoms with E-state index in [0.29, 0.717) is 28.5 Å². The van der Waals surface area contributed by atoms with Crippen molar-refractivity contribution < 1.29 is 23.8 Å². The maximum Gasteiger partial charge on any atom is 0.255 e. The second kappa shape index (κ2) is 9.54. The molecular weight excluding hydrogens is 488 g/mol. The van der Waals surface area contributed by atoms with Crippen LogP contribution in [0.3, 0.4) is 0 Å². The molecule has 3 aromatic rings. The molecule has 0 aliphatic carbocycles. The minimum Gasteiger partial charge on any atom is -0.493 e. The van der Waals surface area contributed by atoms with E-state index in [4.69, 9.17) is 14.2 Å². The predicted molar refractivity (Wildman–Crippen MR) is 128 cm³/mol. The van der Waals surface area contributed by atoms with E-state index >= 15 is 0 Å². The zero-order valence-corrected chi connectivity index (χ0v) is 20.0. The molecule has 2 amide bonds. The van der Waals surface area contributed by atoms with Crippen molar-refractivity contribution >= 4 is 33.4 Å². The number of halogens is 1. The van der Waals surface area contributed by atoms with Gasteiger partial charge < -0.3 is 24.4 Å². The van der Waals surface area contributed by atoms with E-state index in [1.54, 1.807) is 17.0 Å². The van der Waals surface area contributed by atoms with E-state index < -0.39 is 6.04 Å². The number of anilines is 1. The number of methoxy groups -OCH3 is 3. The third-order valence-corrected chi connectivity index (χ3v) is 5.99. The van der Waals surface area contributed by atoms with Gasteiger partial charge in [-0.3, -0.25) is 9.59 Å². The maximum absolute atomic E-state index is 13.9. The van der Waals surface area contributed by atoms with Gasteiger partial charge in [0, 0.05) is 21.3 Å². The summed E-state index contributed by atoms with van der Waals surface area (Å²) in [5, 5.41) is 2.93. The molecule has 0 spiro atoms. The van der Waals surface area contributed by atoms with Crippen molar-refractivity contribution in [2.45, 2.75) is 6.04 Å². The molecule has 0 unspecified atom stereocenters. The van der Waals surface area contributed by atoms with Crippen molar-refractivity contribution in [2.24, 2.45) is 0 Å². The van der Waals surface area contributed by atoms with E-state index in [1.165, 1.54) is 21.3 Å². The first-order chi connectivity index (χ1) is 16.0. The highest BCUT2D eigenvalue weighted by Gasteiger charge is 2.34. The maximum atomic E-state index is 13.9. The van der Waals surface area contributed by atoms with Crippen LogP contribution in [0.5, 0.6) is 17.2 Å². The second-order valence-corrected chi connectivity index (χ2v) is 8.36. The molecule has 1 N–H and O–H groups in total. The molecule has 1 atom stereocenters. The monoisotopic (exact) mass is 510 g/mol. The van der Waals surface area contributed by atoms with E-state index in [2.05, 4.69) is 21.2 Å². The number of fused-ring (bicyclic) bond motifs is 1. The molecule has 0 saturated carbocycles. The summed E-state index contributed by atoms with van der Waals surface area (Å²) >= 11 is 3.52. The van der Waals surface area contributed by atoms with Crippen LogP contribution in [0.15, 0.2) is 65.1 Å². The first-order valence-corrected chi connectivity index (χ1v) is 11.0. The summed E-state index contributed by atoms with van der Waals surface area (Å²) in [5.74, 6) is 0.487. The molecule has 0 saturated heterocycles.